The molecule has 0 bridgehead atoms. The highest BCUT2D eigenvalue weighted by molar-refractivity contribution is 7.96. The monoisotopic (exact) mass is 256 g/mol. The van der Waals surface area contributed by atoms with Crippen LogP contribution < -0.4 is 17.0 Å². The minimum Gasteiger partial charge on any atom is -1.00 e. The van der Waals surface area contributed by atoms with E-state index in [2.05, 4.69) is 6.92 Å². The first-order chi connectivity index (χ1) is 5.09. The maximum atomic E-state index is 10.7. The minimum absolute atomic E-state index is 0. The Bertz CT molecular complexity index is 128. The number of halogens is 1. The van der Waals surface area contributed by atoms with Gasteiger partial charge in [-0.25, -0.2) is 4.79 Å². The number of hydrogen-bond donors (Lipinski definition) is 1. The number of rotatable bonds is 5. The lowest BCUT2D eigenvalue weighted by molar-refractivity contribution is -0.136. The fourth-order valence-corrected chi connectivity index (χ4v) is 1.99. The zero-order valence-electron chi connectivity index (χ0n) is 7.84. The van der Waals surface area contributed by atoms with Crippen LogP contribution in [0.3, 0.4) is 0 Å². The van der Waals surface area contributed by atoms with Gasteiger partial charge in [-0.1, -0.05) is 13.3 Å². The van der Waals surface area contributed by atoms with Gasteiger partial charge in [0.1, 0.15) is 0 Å². The maximum Gasteiger partial charge on any atom is 0.356 e. The molecule has 2 nitrogen and oxygen atoms in total. The first-order valence-corrected chi connectivity index (χ1v) is 5.99. The molecule has 0 fully saturated rings. The summed E-state index contributed by atoms with van der Waals surface area (Å²) in [5, 5.41) is 8.66. The third-order valence-electron chi connectivity index (χ3n) is 1.66. The largest absolute Gasteiger partial charge is 1.00 e. The Labute approximate surface area is 87.9 Å². The van der Waals surface area contributed by atoms with E-state index in [-0.39, 0.29) is 33.1 Å². The molecule has 0 saturated heterocycles. The van der Waals surface area contributed by atoms with Crippen LogP contribution in [-0.2, 0) is 15.7 Å². The number of unbranched alkanes of at least 4 members (excludes halogenated alkanes) is 1. The topological polar surface area (TPSA) is 37.3 Å². The van der Waals surface area contributed by atoms with Gasteiger partial charge in [0.25, 0.3) is 0 Å². The van der Waals surface area contributed by atoms with E-state index in [1.54, 1.807) is 0 Å². The Morgan fingerprint density at radius 2 is 2.00 bits per heavy atom. The molecule has 12 heavy (non-hydrogen) atoms. The lowest BCUT2D eigenvalue weighted by atomic mass is 10.2. The van der Waals surface area contributed by atoms with Gasteiger partial charge in [-0.05, 0) is 17.3 Å². The fraction of sp³-hybridized carbons (Fsp3) is 0.875. The normalized spacial score (nSPS) is 12.3. The Kier molecular flexibility index (Phi) is 9.78. The van der Waals surface area contributed by atoms with Gasteiger partial charge < -0.3 is 22.1 Å². The molecule has 0 saturated carbocycles. The molecule has 0 aliphatic carbocycles. The average Bonchev–Trinajstić information content (AvgIpc) is 1.87. The number of carboxylic acids is 1. The van der Waals surface area contributed by atoms with Gasteiger partial charge in [-0.3, -0.25) is 0 Å². The van der Waals surface area contributed by atoms with Gasteiger partial charge in [-0.2, -0.15) is 0 Å². The van der Waals surface area contributed by atoms with Crippen LogP contribution in [0, 0.1) is 0 Å². The van der Waals surface area contributed by atoms with E-state index in [9.17, 15) is 4.79 Å². The van der Waals surface area contributed by atoms with Crippen molar-refractivity contribution in [1.29, 1.82) is 0 Å². The van der Waals surface area contributed by atoms with Crippen molar-refractivity contribution in [2.45, 2.75) is 31.4 Å². The van der Waals surface area contributed by atoms with E-state index >= 15 is 0 Å². The van der Waals surface area contributed by atoms with Gasteiger partial charge >= 0.3 is 5.97 Å². The van der Waals surface area contributed by atoms with E-state index in [4.69, 9.17) is 5.11 Å². The standard InChI is InChI=1S/C8H16O2S.BrH/c1-4-5-6-7(8(9)10)11(2)3;/h7H,4-6H2,1-3H3;1H. The van der Waals surface area contributed by atoms with Crippen molar-refractivity contribution in [3.8, 4) is 0 Å². The molecule has 1 unspecified atom stereocenters. The predicted molar refractivity (Wildman–Crippen MR) is 50.2 cm³/mol. The van der Waals surface area contributed by atoms with Crippen LogP contribution in [-0.4, -0.2) is 28.8 Å². The molecule has 1 atom stereocenters. The summed E-state index contributed by atoms with van der Waals surface area (Å²) in [5.41, 5.74) is 0. The summed E-state index contributed by atoms with van der Waals surface area (Å²) in [7, 11) is 0.0155. The van der Waals surface area contributed by atoms with E-state index in [1.165, 1.54) is 0 Å². The van der Waals surface area contributed by atoms with Gasteiger partial charge in [0.15, 0.2) is 0 Å². The van der Waals surface area contributed by atoms with Crippen LogP contribution in [0.1, 0.15) is 26.2 Å². The highest BCUT2D eigenvalue weighted by Gasteiger charge is 2.28. The summed E-state index contributed by atoms with van der Waals surface area (Å²) in [6.07, 6.45) is 6.94. The highest BCUT2D eigenvalue weighted by atomic mass is 79.9. The quantitative estimate of drug-likeness (QED) is 0.609. The molecule has 0 aliphatic heterocycles. The van der Waals surface area contributed by atoms with Crippen LogP contribution in [0.2, 0.25) is 0 Å². The number of carboxylic acid groups (broad SMARTS) is 1. The summed E-state index contributed by atoms with van der Waals surface area (Å²) in [6.45, 7) is 2.09. The van der Waals surface area contributed by atoms with Crippen LogP contribution in [0.5, 0.6) is 0 Å². The molecule has 0 heterocycles. The van der Waals surface area contributed by atoms with E-state index < -0.39 is 5.97 Å². The summed E-state index contributed by atoms with van der Waals surface area (Å²) < 4.78 is 0. The van der Waals surface area contributed by atoms with Gasteiger partial charge in [0.2, 0.25) is 5.25 Å². The molecule has 0 radical (unpaired) electrons. The zero-order chi connectivity index (χ0) is 8.85. The highest BCUT2D eigenvalue weighted by Crippen LogP contribution is 2.09. The molecule has 0 aromatic carbocycles. The molecular weight excluding hydrogens is 240 g/mol. The first kappa shape index (κ1) is 14.8. The molecule has 0 aromatic rings. The Morgan fingerprint density at radius 1 is 1.50 bits per heavy atom. The average molecular weight is 257 g/mol. The molecule has 0 aliphatic rings. The van der Waals surface area contributed by atoms with Crippen LogP contribution in [0.4, 0.5) is 0 Å². The van der Waals surface area contributed by atoms with Gasteiger partial charge in [0.05, 0.1) is 12.5 Å². The smallest absolute Gasteiger partial charge is 0.356 e. The summed E-state index contributed by atoms with van der Waals surface area (Å²) in [5.74, 6) is -0.633. The second-order valence-electron chi connectivity index (χ2n) is 2.85. The van der Waals surface area contributed by atoms with Crippen molar-refractivity contribution in [3.05, 3.63) is 0 Å². The summed E-state index contributed by atoms with van der Waals surface area (Å²) >= 11 is 0. The van der Waals surface area contributed by atoms with Crippen molar-refractivity contribution in [1.82, 2.24) is 0 Å². The molecular formula is C8H17BrO2S. The second-order valence-corrected chi connectivity index (χ2v) is 5.18. The Morgan fingerprint density at radius 3 is 2.25 bits per heavy atom. The third-order valence-corrected chi connectivity index (χ3v) is 3.24. The van der Waals surface area contributed by atoms with Crippen molar-refractivity contribution in [2.24, 2.45) is 0 Å². The fourth-order valence-electron chi connectivity index (χ4n) is 0.950. The van der Waals surface area contributed by atoms with Crippen molar-refractivity contribution in [3.63, 3.8) is 0 Å². The lowest BCUT2D eigenvalue weighted by Gasteiger charge is -2.07. The summed E-state index contributed by atoms with van der Waals surface area (Å²) in [4.78, 5) is 10.7. The van der Waals surface area contributed by atoms with Gasteiger partial charge in [0, 0.05) is 6.42 Å². The number of carbonyl (C=O) groups is 1. The summed E-state index contributed by atoms with van der Waals surface area (Å²) in [6, 6.07) is 0. The van der Waals surface area contributed by atoms with Crippen LogP contribution in [0.25, 0.3) is 0 Å². The second kappa shape index (κ2) is 7.92. The van der Waals surface area contributed by atoms with Gasteiger partial charge in [-0.15, -0.1) is 0 Å². The Hall–Kier alpha value is 0.300. The SMILES string of the molecule is CCCCC(C(=O)O)[S+](C)C.[Br-]. The van der Waals surface area contributed by atoms with Crippen LogP contribution in [0.15, 0.2) is 0 Å². The van der Waals surface area contributed by atoms with Crippen molar-refractivity contribution < 1.29 is 26.9 Å². The molecule has 4 heteroatoms. The molecule has 0 amide bonds. The third kappa shape index (κ3) is 5.89. The van der Waals surface area contributed by atoms with Crippen molar-refractivity contribution >= 4 is 16.9 Å². The number of hydrogen-bond acceptors (Lipinski definition) is 1. The predicted octanol–water partition coefficient (Wildman–Crippen LogP) is -1.49. The minimum atomic E-state index is -0.633. The first-order valence-electron chi connectivity index (χ1n) is 3.88. The molecule has 0 spiro atoms. The molecule has 1 N–H and O–H groups in total. The molecule has 0 rings (SSSR count). The van der Waals surface area contributed by atoms with Crippen molar-refractivity contribution in [2.75, 3.05) is 12.5 Å². The molecule has 74 valence electrons. The van der Waals surface area contributed by atoms with E-state index in [0.29, 0.717) is 0 Å². The lowest BCUT2D eigenvalue weighted by Crippen LogP contribution is -3.00. The molecule has 0 aromatic heterocycles. The number of aliphatic carboxylic acids is 1. The zero-order valence-corrected chi connectivity index (χ0v) is 10.2. The maximum absolute atomic E-state index is 10.7. The van der Waals surface area contributed by atoms with Crippen LogP contribution >= 0.6 is 0 Å². The van der Waals surface area contributed by atoms with E-state index in [1.807, 2.05) is 12.5 Å². The Balaban J connectivity index is 0. The van der Waals surface area contributed by atoms with E-state index in [0.717, 1.165) is 19.3 Å².